The highest BCUT2D eigenvalue weighted by molar-refractivity contribution is 5.81. The second kappa shape index (κ2) is 13.0. The van der Waals surface area contributed by atoms with Crippen LogP contribution in [0.5, 0.6) is 5.75 Å². The highest BCUT2D eigenvalue weighted by Crippen LogP contribution is 2.30. The number of ether oxygens (including phenoxy) is 3. The molecular formula is C31H32N2O5. The molecule has 4 rings (SSSR count). The third-order valence-corrected chi connectivity index (χ3v) is 6.63. The summed E-state index contributed by atoms with van der Waals surface area (Å²) in [5.74, 6) is -0.197. The number of hydrogen-bond acceptors (Lipinski definition) is 6. The average Bonchev–Trinajstić information content (AvgIpc) is 2.94. The summed E-state index contributed by atoms with van der Waals surface area (Å²) in [7, 11) is 1.62. The van der Waals surface area contributed by atoms with Crippen LogP contribution in [0.4, 0.5) is 0 Å². The van der Waals surface area contributed by atoms with E-state index in [2.05, 4.69) is 6.07 Å². The van der Waals surface area contributed by atoms with Gasteiger partial charge in [-0.15, -0.1) is 0 Å². The Morgan fingerprint density at radius 1 is 1.13 bits per heavy atom. The number of morpholine rings is 1. The summed E-state index contributed by atoms with van der Waals surface area (Å²) in [6, 6.07) is 21.4. The van der Waals surface area contributed by atoms with Crippen molar-refractivity contribution in [3.8, 4) is 22.9 Å². The van der Waals surface area contributed by atoms with E-state index in [1.165, 1.54) is 0 Å². The van der Waals surface area contributed by atoms with Crippen molar-refractivity contribution in [3.63, 3.8) is 0 Å². The first-order valence-electron chi connectivity index (χ1n) is 12.6. The van der Waals surface area contributed by atoms with Gasteiger partial charge < -0.3 is 19.3 Å². The summed E-state index contributed by atoms with van der Waals surface area (Å²) in [4.78, 5) is 13.7. The Morgan fingerprint density at radius 3 is 2.66 bits per heavy atom. The van der Waals surface area contributed by atoms with Crippen LogP contribution in [0, 0.1) is 18.3 Å². The predicted octanol–water partition coefficient (Wildman–Crippen LogP) is 5.01. The van der Waals surface area contributed by atoms with Crippen molar-refractivity contribution in [1.82, 2.24) is 4.90 Å². The maximum atomic E-state index is 11.8. The molecule has 0 bridgehead atoms. The van der Waals surface area contributed by atoms with Crippen LogP contribution in [0.1, 0.15) is 27.8 Å². The summed E-state index contributed by atoms with van der Waals surface area (Å²) in [5, 5.41) is 19.7. The van der Waals surface area contributed by atoms with E-state index in [1.807, 2.05) is 84.6 Å². The van der Waals surface area contributed by atoms with Crippen LogP contribution in [0.3, 0.4) is 0 Å². The smallest absolute Gasteiger partial charge is 0.323 e. The normalized spacial score (nSPS) is 15.9. The summed E-state index contributed by atoms with van der Waals surface area (Å²) in [5.41, 5.74) is 6.19. The summed E-state index contributed by atoms with van der Waals surface area (Å²) >= 11 is 0. The average molecular weight is 513 g/mol. The Morgan fingerprint density at radius 2 is 1.92 bits per heavy atom. The summed E-state index contributed by atoms with van der Waals surface area (Å²) < 4.78 is 16.6. The molecule has 0 radical (unpaired) electrons. The van der Waals surface area contributed by atoms with E-state index in [0.717, 1.165) is 33.4 Å². The highest BCUT2D eigenvalue weighted by Gasteiger charge is 2.30. The van der Waals surface area contributed by atoms with Crippen molar-refractivity contribution in [1.29, 1.82) is 5.26 Å². The zero-order valence-corrected chi connectivity index (χ0v) is 21.7. The number of benzene rings is 3. The predicted molar refractivity (Wildman–Crippen MR) is 147 cm³/mol. The summed E-state index contributed by atoms with van der Waals surface area (Å²) in [6.45, 7) is 4.42. The van der Waals surface area contributed by atoms with Crippen molar-refractivity contribution in [2.45, 2.75) is 19.5 Å². The second-order valence-corrected chi connectivity index (χ2v) is 9.14. The second-order valence-electron chi connectivity index (χ2n) is 9.14. The number of carboxylic acid groups (broad SMARTS) is 1. The van der Waals surface area contributed by atoms with Gasteiger partial charge in [0, 0.05) is 31.3 Å². The number of carbonyl (C=O) groups is 1. The van der Waals surface area contributed by atoms with Crippen molar-refractivity contribution in [3.05, 3.63) is 88.5 Å². The molecule has 1 heterocycles. The van der Waals surface area contributed by atoms with Gasteiger partial charge in [0.05, 0.1) is 25.4 Å². The standard InChI is InChI=1S/C31H32N2O5/c1-22-17-30(38-16-15-36-2)26(20-33-13-14-37-21-29(33)31(34)35)18-25(22)12-11-24-9-6-10-27(28(24)19-32)23-7-4-3-5-8-23/h3-12,17-18,29H,13-16,20-21H2,1-2H3,(H,34,35)/b12-11+. The third kappa shape index (κ3) is 6.48. The van der Waals surface area contributed by atoms with Gasteiger partial charge in [-0.25, -0.2) is 0 Å². The van der Waals surface area contributed by atoms with Gasteiger partial charge in [0.15, 0.2) is 0 Å². The molecule has 0 aliphatic carbocycles. The van der Waals surface area contributed by atoms with Crippen LogP contribution in [0.15, 0.2) is 60.7 Å². The minimum absolute atomic E-state index is 0.155. The van der Waals surface area contributed by atoms with Crippen LogP contribution in [-0.4, -0.2) is 62.1 Å². The largest absolute Gasteiger partial charge is 0.491 e. The topological polar surface area (TPSA) is 92.0 Å². The molecule has 38 heavy (non-hydrogen) atoms. The quantitative estimate of drug-likeness (QED) is 0.301. The minimum Gasteiger partial charge on any atom is -0.491 e. The van der Waals surface area contributed by atoms with E-state index < -0.39 is 12.0 Å². The molecule has 1 unspecified atom stereocenters. The first-order valence-corrected chi connectivity index (χ1v) is 12.6. The number of aliphatic carboxylic acids is 1. The number of nitriles is 1. The number of methoxy groups -OCH3 is 1. The molecule has 0 saturated carbocycles. The lowest BCUT2D eigenvalue weighted by atomic mass is 9.95. The van der Waals surface area contributed by atoms with Gasteiger partial charge in [0.1, 0.15) is 24.5 Å². The number of carboxylic acids is 1. The molecule has 3 aromatic rings. The highest BCUT2D eigenvalue weighted by atomic mass is 16.5. The van der Waals surface area contributed by atoms with Crippen molar-refractivity contribution in [2.24, 2.45) is 0 Å². The third-order valence-electron chi connectivity index (χ3n) is 6.63. The molecule has 1 aliphatic rings. The molecule has 1 fully saturated rings. The maximum Gasteiger partial charge on any atom is 0.323 e. The Bertz CT molecular complexity index is 1330. The Hall–Kier alpha value is -3.96. The molecule has 1 aliphatic heterocycles. The maximum absolute atomic E-state index is 11.8. The molecule has 1 saturated heterocycles. The van der Waals surface area contributed by atoms with Crippen molar-refractivity contribution < 1.29 is 24.1 Å². The van der Waals surface area contributed by atoms with Crippen LogP contribution in [0.25, 0.3) is 23.3 Å². The molecule has 1 N–H and O–H groups in total. The molecule has 196 valence electrons. The lowest BCUT2D eigenvalue weighted by molar-refractivity contribution is -0.150. The van der Waals surface area contributed by atoms with Crippen LogP contribution in [-0.2, 0) is 20.8 Å². The van der Waals surface area contributed by atoms with Gasteiger partial charge in [-0.1, -0.05) is 60.7 Å². The van der Waals surface area contributed by atoms with Crippen LogP contribution in [0.2, 0.25) is 0 Å². The molecular weight excluding hydrogens is 480 g/mol. The molecule has 3 aromatic carbocycles. The molecule has 0 spiro atoms. The van der Waals surface area contributed by atoms with E-state index in [4.69, 9.17) is 14.2 Å². The van der Waals surface area contributed by atoms with E-state index in [0.29, 0.717) is 44.2 Å². The number of nitrogens with zero attached hydrogens (tertiary/aromatic N) is 2. The number of rotatable bonds is 10. The van der Waals surface area contributed by atoms with Gasteiger partial charge in [-0.3, -0.25) is 9.69 Å². The van der Waals surface area contributed by atoms with Crippen LogP contribution >= 0.6 is 0 Å². The van der Waals surface area contributed by atoms with E-state index in [-0.39, 0.29) is 6.61 Å². The molecule has 7 nitrogen and oxygen atoms in total. The molecule has 0 amide bonds. The molecule has 0 aromatic heterocycles. The molecule has 7 heteroatoms. The fraction of sp³-hybridized carbons (Fsp3) is 0.290. The zero-order chi connectivity index (χ0) is 26.9. The fourth-order valence-electron chi connectivity index (χ4n) is 4.56. The van der Waals surface area contributed by atoms with Gasteiger partial charge in [0.2, 0.25) is 0 Å². The van der Waals surface area contributed by atoms with E-state index >= 15 is 0 Å². The van der Waals surface area contributed by atoms with Gasteiger partial charge in [-0.2, -0.15) is 5.26 Å². The minimum atomic E-state index is -0.902. The van der Waals surface area contributed by atoms with E-state index in [9.17, 15) is 15.2 Å². The monoisotopic (exact) mass is 512 g/mol. The van der Waals surface area contributed by atoms with Crippen molar-refractivity contribution in [2.75, 3.05) is 40.1 Å². The summed E-state index contributed by atoms with van der Waals surface area (Å²) in [6.07, 6.45) is 3.95. The van der Waals surface area contributed by atoms with Gasteiger partial charge >= 0.3 is 5.97 Å². The Balaban J connectivity index is 1.68. The zero-order valence-electron chi connectivity index (χ0n) is 21.7. The van der Waals surface area contributed by atoms with E-state index in [1.54, 1.807) is 7.11 Å². The van der Waals surface area contributed by atoms with Crippen LogP contribution < -0.4 is 4.74 Å². The molecule has 1 atom stereocenters. The Labute approximate surface area is 223 Å². The number of aryl methyl sites for hydroxylation is 1. The van der Waals surface area contributed by atoms with Crippen molar-refractivity contribution >= 4 is 18.1 Å². The Kier molecular flexibility index (Phi) is 9.28. The van der Waals surface area contributed by atoms with Gasteiger partial charge in [0.25, 0.3) is 0 Å². The first kappa shape index (κ1) is 27.1. The SMILES string of the molecule is COCCOc1cc(C)c(/C=C/c2cccc(-c3ccccc3)c2C#N)cc1CN1CCOCC1C(=O)O. The fourth-order valence-corrected chi connectivity index (χ4v) is 4.56. The first-order chi connectivity index (χ1) is 18.5. The lowest BCUT2D eigenvalue weighted by Gasteiger charge is -2.33. The number of hydrogen-bond donors (Lipinski definition) is 1. The lowest BCUT2D eigenvalue weighted by Crippen LogP contribution is -2.49. The van der Waals surface area contributed by atoms with Gasteiger partial charge in [-0.05, 0) is 41.3 Å².